The average molecular weight is 456 g/mol. The molecule has 5 nitrogen and oxygen atoms in total. The summed E-state index contributed by atoms with van der Waals surface area (Å²) in [6.45, 7) is 0.483. The molecule has 1 fully saturated rings. The van der Waals surface area contributed by atoms with Crippen LogP contribution in [0.5, 0.6) is 5.75 Å². The van der Waals surface area contributed by atoms with Gasteiger partial charge in [0.25, 0.3) is 0 Å². The molecule has 1 amide bonds. The lowest BCUT2D eigenvalue weighted by Crippen LogP contribution is -2.46. The molecule has 0 atom stereocenters. The number of benzene rings is 2. The van der Waals surface area contributed by atoms with Crippen LogP contribution in [0, 0.1) is 0 Å². The van der Waals surface area contributed by atoms with Gasteiger partial charge in [-0.3, -0.25) is 9.69 Å². The second-order valence-corrected chi connectivity index (χ2v) is 7.68. The minimum atomic E-state index is -2.86. The fraction of sp³-hybridized carbons (Fsp3) is 0.435. The van der Waals surface area contributed by atoms with Crippen molar-refractivity contribution >= 4 is 40.5 Å². The number of ether oxygens (including phenoxy) is 1. The van der Waals surface area contributed by atoms with E-state index in [1.807, 2.05) is 12.1 Å². The van der Waals surface area contributed by atoms with Crippen molar-refractivity contribution < 1.29 is 20.5 Å². The first kappa shape index (κ1) is 13.5. The third-order valence-corrected chi connectivity index (χ3v) is 5.67. The number of aryl methyl sites for hydroxylation is 1. The number of rotatable bonds is 7. The largest absolute Gasteiger partial charge is 0.494 e. The van der Waals surface area contributed by atoms with E-state index in [4.69, 9.17) is 38.9 Å². The Balaban J connectivity index is 1.35. The number of anilines is 2. The molecule has 4 rings (SSSR count). The first-order chi connectivity index (χ1) is 17.7. The van der Waals surface area contributed by atoms with Gasteiger partial charge in [0.1, 0.15) is 5.75 Å². The Bertz CT molecular complexity index is 1240. The molecule has 0 saturated carbocycles. The molecular weight excluding hydrogens is 421 g/mol. The number of carbonyl (C=O) groups excluding carboxylic acids is 1. The summed E-state index contributed by atoms with van der Waals surface area (Å²) in [5.41, 5.74) is 0.295. The zero-order valence-corrected chi connectivity index (χ0v) is 17.7. The molecule has 2 aromatic rings. The number of nitrogens with one attached hydrogen (secondary N) is 1. The van der Waals surface area contributed by atoms with E-state index in [1.54, 1.807) is 11.0 Å². The van der Waals surface area contributed by atoms with Crippen LogP contribution < -0.4 is 15.0 Å². The van der Waals surface area contributed by atoms with Gasteiger partial charge in [-0.25, -0.2) is 0 Å². The Morgan fingerprint density at radius 3 is 2.83 bits per heavy atom. The van der Waals surface area contributed by atoms with Gasteiger partial charge in [0.15, 0.2) is 0 Å². The summed E-state index contributed by atoms with van der Waals surface area (Å²) in [6, 6.07) is 5.75. The van der Waals surface area contributed by atoms with Crippen LogP contribution in [0.15, 0.2) is 36.4 Å². The highest BCUT2D eigenvalue weighted by molar-refractivity contribution is 6.43. The van der Waals surface area contributed by atoms with Gasteiger partial charge in [-0.2, -0.15) is 0 Å². The molecule has 7 heteroatoms. The van der Waals surface area contributed by atoms with Crippen molar-refractivity contribution in [2.45, 2.75) is 25.6 Å². The second-order valence-electron chi connectivity index (χ2n) is 6.89. The fourth-order valence-electron chi connectivity index (χ4n) is 3.30. The molecule has 1 saturated heterocycles. The van der Waals surface area contributed by atoms with Gasteiger partial charge >= 0.3 is 0 Å². The highest BCUT2D eigenvalue weighted by Gasteiger charge is 2.19. The summed E-state index contributed by atoms with van der Waals surface area (Å²) in [4.78, 5) is 16.0. The molecule has 1 N–H and O–H groups in total. The van der Waals surface area contributed by atoms with Crippen molar-refractivity contribution in [2.75, 3.05) is 49.5 Å². The average Bonchev–Trinajstić information content (AvgIpc) is 2.85. The first-order valence-corrected chi connectivity index (χ1v) is 10.5. The van der Waals surface area contributed by atoms with E-state index in [2.05, 4.69) is 10.2 Å². The second kappa shape index (κ2) is 9.90. The topological polar surface area (TPSA) is 44.8 Å². The Morgan fingerprint density at radius 2 is 2.00 bits per heavy atom. The van der Waals surface area contributed by atoms with E-state index in [9.17, 15) is 4.79 Å². The molecule has 30 heavy (non-hydrogen) atoms. The van der Waals surface area contributed by atoms with Gasteiger partial charge in [0.05, 0.1) is 25.1 Å². The van der Waals surface area contributed by atoms with Crippen LogP contribution in [-0.2, 0) is 11.2 Å². The number of hydrogen-bond acceptors (Lipinski definition) is 4. The minimum Gasteiger partial charge on any atom is -0.494 e. The predicted molar refractivity (Wildman–Crippen MR) is 123 cm³/mol. The normalized spacial score (nSPS) is 24.6. The van der Waals surface area contributed by atoms with E-state index in [0.717, 1.165) is 11.8 Å². The monoisotopic (exact) mass is 455 g/mol. The van der Waals surface area contributed by atoms with Crippen LogP contribution in [0.1, 0.15) is 35.7 Å². The zero-order chi connectivity index (χ0) is 28.0. The lowest BCUT2D eigenvalue weighted by atomic mass is 10.0. The smallest absolute Gasteiger partial charge is 0.224 e. The van der Waals surface area contributed by atoms with Crippen LogP contribution in [0.3, 0.4) is 0 Å². The van der Waals surface area contributed by atoms with Gasteiger partial charge in [0.2, 0.25) is 5.91 Å². The van der Waals surface area contributed by atoms with E-state index >= 15 is 0 Å². The number of hydrogen-bond donors (Lipinski definition) is 1. The highest BCUT2D eigenvalue weighted by atomic mass is 35.5. The third kappa shape index (κ3) is 5.20. The number of amides is 1. The van der Waals surface area contributed by atoms with E-state index in [1.165, 1.54) is 0 Å². The summed E-state index contributed by atoms with van der Waals surface area (Å²) in [5.74, 6) is -1.40. The quantitative estimate of drug-likeness (QED) is 0.605. The number of carbonyl (C=O) groups is 1. The van der Waals surface area contributed by atoms with Crippen LogP contribution in [0.25, 0.3) is 0 Å². The molecule has 2 aliphatic heterocycles. The molecule has 0 bridgehead atoms. The summed E-state index contributed by atoms with van der Waals surface area (Å²) < 4.78 is 70.9. The fourth-order valence-corrected chi connectivity index (χ4v) is 3.71. The third-order valence-electron chi connectivity index (χ3n) is 4.86. The SMILES string of the molecule is [2H]c1cc2c(c([2H])c1OCCCC([2H])([2H])N1CCN(c3cccc(Cl)c3Cl)CC1)NC(=O)C([2H])([2H])C2([2H])[2H]. The van der Waals surface area contributed by atoms with Crippen molar-refractivity contribution in [1.82, 2.24) is 4.90 Å². The van der Waals surface area contributed by atoms with Crippen LogP contribution >= 0.6 is 23.2 Å². The molecule has 160 valence electrons. The summed E-state index contributed by atoms with van der Waals surface area (Å²) >= 11 is 12.4. The molecule has 2 aliphatic rings. The predicted octanol–water partition coefficient (Wildman–Crippen LogP) is 4.86. The zero-order valence-electron chi connectivity index (χ0n) is 24.2. The Labute approximate surface area is 199 Å². The van der Waals surface area contributed by atoms with E-state index in [-0.39, 0.29) is 42.5 Å². The van der Waals surface area contributed by atoms with Crippen LogP contribution in [0.4, 0.5) is 11.4 Å². The number of nitrogens with zero attached hydrogens (tertiary/aromatic N) is 2. The van der Waals surface area contributed by atoms with Crippen molar-refractivity contribution in [3.63, 3.8) is 0 Å². The van der Waals surface area contributed by atoms with Crippen LogP contribution in [-0.4, -0.2) is 50.1 Å². The molecule has 0 radical (unpaired) electrons. The van der Waals surface area contributed by atoms with Crippen LogP contribution in [0.2, 0.25) is 10.0 Å². The highest BCUT2D eigenvalue weighted by Crippen LogP contribution is 2.33. The van der Waals surface area contributed by atoms with Gasteiger partial charge in [-0.05, 0) is 49.5 Å². The maximum Gasteiger partial charge on any atom is 0.224 e. The number of halogens is 2. The molecule has 2 heterocycles. The maximum absolute atomic E-state index is 12.1. The summed E-state index contributed by atoms with van der Waals surface area (Å²) in [7, 11) is 0. The lowest BCUT2D eigenvalue weighted by Gasteiger charge is -2.36. The molecule has 0 aliphatic carbocycles. The van der Waals surface area contributed by atoms with Crippen molar-refractivity contribution in [2.24, 2.45) is 0 Å². The molecule has 0 spiro atoms. The standard InChI is InChI=1S/C23H27Cl2N3O2/c24-19-4-3-5-21(23(19)25)28-13-11-27(12-14-28)10-1-2-15-30-18-8-6-17-7-9-22(29)26-20(17)16-18/h3-6,8,16H,1-2,7,9-15H2,(H,26,29)/i7D2,8D,9D2,10D2,16D. The minimum absolute atomic E-state index is 0.00416. The summed E-state index contributed by atoms with van der Waals surface area (Å²) in [6.07, 6.45) is -5.18. The number of piperazine rings is 1. The van der Waals surface area contributed by atoms with Gasteiger partial charge in [-0.15, -0.1) is 0 Å². The first-order valence-electron chi connectivity index (χ1n) is 13.7. The van der Waals surface area contributed by atoms with Gasteiger partial charge in [-0.1, -0.05) is 35.3 Å². The molecular formula is C23H27Cl2N3O2. The van der Waals surface area contributed by atoms with Gasteiger partial charge in [0, 0.05) is 52.5 Å². The Hall–Kier alpha value is -1.95. The summed E-state index contributed by atoms with van der Waals surface area (Å²) in [5, 5.41) is 3.17. The lowest BCUT2D eigenvalue weighted by molar-refractivity contribution is -0.116. The van der Waals surface area contributed by atoms with Gasteiger partial charge < -0.3 is 15.0 Å². The molecule has 0 aromatic heterocycles. The molecule has 0 unspecified atom stereocenters. The molecule has 2 aromatic carbocycles. The van der Waals surface area contributed by atoms with Crippen molar-refractivity contribution in [3.8, 4) is 5.75 Å². The van der Waals surface area contributed by atoms with Crippen molar-refractivity contribution in [3.05, 3.63) is 52.0 Å². The van der Waals surface area contributed by atoms with E-state index < -0.39 is 31.2 Å². The van der Waals surface area contributed by atoms with E-state index in [0.29, 0.717) is 36.2 Å². The number of fused-ring (bicyclic) bond motifs is 1. The Morgan fingerprint density at radius 1 is 1.17 bits per heavy atom. The Kier molecular flexibility index (Phi) is 4.44. The maximum atomic E-state index is 12.1. The van der Waals surface area contributed by atoms with Crippen molar-refractivity contribution in [1.29, 1.82) is 0 Å².